The summed E-state index contributed by atoms with van der Waals surface area (Å²) in [5.74, 6) is -1.74. The van der Waals surface area contributed by atoms with Crippen LogP contribution in [0.15, 0.2) is 30.3 Å². The Kier molecular flexibility index (Phi) is 7.55. The van der Waals surface area contributed by atoms with Crippen LogP contribution in [0.5, 0.6) is 0 Å². The van der Waals surface area contributed by atoms with Crippen molar-refractivity contribution in [2.24, 2.45) is 0 Å². The molecule has 2 amide bonds. The second-order valence-corrected chi connectivity index (χ2v) is 6.22. The number of carbonyl (C=O) groups excluding carboxylic acids is 2. The predicted octanol–water partition coefficient (Wildman–Crippen LogP) is -0.214. The first-order chi connectivity index (χ1) is 12.5. The van der Waals surface area contributed by atoms with Gasteiger partial charge in [-0.3, -0.25) is 14.5 Å². The summed E-state index contributed by atoms with van der Waals surface area (Å²) >= 11 is 0. The third kappa shape index (κ3) is 5.82. The van der Waals surface area contributed by atoms with Gasteiger partial charge in [-0.2, -0.15) is 0 Å². The predicted molar refractivity (Wildman–Crippen MR) is 94.7 cm³/mol. The number of carbonyl (C=O) groups is 3. The highest BCUT2D eigenvalue weighted by molar-refractivity contribution is 5.96. The zero-order chi connectivity index (χ0) is 18.9. The normalized spacial score (nSPS) is 16.1. The maximum atomic E-state index is 12.3. The maximum absolute atomic E-state index is 12.3. The lowest BCUT2D eigenvalue weighted by Crippen LogP contribution is -2.49. The van der Waals surface area contributed by atoms with E-state index in [0.29, 0.717) is 38.3 Å². The molecule has 0 radical (unpaired) electrons. The Morgan fingerprint density at radius 1 is 1.08 bits per heavy atom. The van der Waals surface area contributed by atoms with Crippen LogP contribution in [0.3, 0.4) is 0 Å². The summed E-state index contributed by atoms with van der Waals surface area (Å²) in [7, 11) is 0. The fraction of sp³-hybridized carbons (Fsp3) is 0.500. The van der Waals surface area contributed by atoms with E-state index in [-0.39, 0.29) is 25.4 Å². The number of aliphatic carboxylic acids is 1. The molecule has 2 rings (SSSR count). The van der Waals surface area contributed by atoms with Gasteiger partial charge >= 0.3 is 5.97 Å². The molecule has 0 aromatic heterocycles. The number of rotatable bonds is 8. The van der Waals surface area contributed by atoms with Gasteiger partial charge < -0.3 is 20.4 Å². The Morgan fingerprint density at radius 3 is 2.31 bits per heavy atom. The number of hydrogen-bond donors (Lipinski definition) is 3. The van der Waals surface area contributed by atoms with Crippen molar-refractivity contribution in [1.29, 1.82) is 0 Å². The van der Waals surface area contributed by atoms with Crippen molar-refractivity contribution in [2.75, 3.05) is 39.3 Å². The molecule has 1 fully saturated rings. The summed E-state index contributed by atoms with van der Waals surface area (Å²) in [4.78, 5) is 39.6. The van der Waals surface area contributed by atoms with Gasteiger partial charge in [0.15, 0.2) is 0 Å². The van der Waals surface area contributed by atoms with Crippen molar-refractivity contribution >= 4 is 17.8 Å². The third-order valence-electron chi connectivity index (χ3n) is 4.43. The van der Waals surface area contributed by atoms with Crippen LogP contribution in [0.2, 0.25) is 0 Å². The molecule has 1 aromatic carbocycles. The van der Waals surface area contributed by atoms with Crippen LogP contribution in [-0.4, -0.2) is 83.2 Å². The van der Waals surface area contributed by atoms with E-state index in [1.807, 2.05) is 0 Å². The van der Waals surface area contributed by atoms with Gasteiger partial charge in [-0.25, -0.2) is 4.79 Å². The molecule has 0 aliphatic carbocycles. The maximum Gasteiger partial charge on any atom is 0.326 e. The molecule has 1 saturated heterocycles. The zero-order valence-electron chi connectivity index (χ0n) is 14.6. The van der Waals surface area contributed by atoms with Crippen LogP contribution in [-0.2, 0) is 9.59 Å². The van der Waals surface area contributed by atoms with Crippen LogP contribution < -0.4 is 5.32 Å². The number of benzene rings is 1. The van der Waals surface area contributed by atoms with Crippen molar-refractivity contribution in [3.63, 3.8) is 0 Å². The van der Waals surface area contributed by atoms with Crippen molar-refractivity contribution in [3.05, 3.63) is 35.9 Å². The van der Waals surface area contributed by atoms with Gasteiger partial charge in [0.25, 0.3) is 5.91 Å². The van der Waals surface area contributed by atoms with Crippen LogP contribution in [0.1, 0.15) is 23.2 Å². The topological polar surface area (TPSA) is 110 Å². The summed E-state index contributed by atoms with van der Waals surface area (Å²) in [6.07, 6.45) is 0.107. The number of nitrogens with one attached hydrogen (secondary N) is 1. The second kappa shape index (κ2) is 9.88. The van der Waals surface area contributed by atoms with E-state index in [0.717, 1.165) is 0 Å². The van der Waals surface area contributed by atoms with E-state index in [2.05, 4.69) is 10.2 Å². The van der Waals surface area contributed by atoms with Crippen molar-refractivity contribution < 1.29 is 24.6 Å². The molecule has 26 heavy (non-hydrogen) atoms. The fourth-order valence-corrected chi connectivity index (χ4v) is 2.88. The molecular weight excluding hydrogens is 338 g/mol. The number of aliphatic hydroxyl groups is 1. The average Bonchev–Trinajstić information content (AvgIpc) is 2.66. The Hall–Kier alpha value is -2.45. The van der Waals surface area contributed by atoms with Gasteiger partial charge in [0.1, 0.15) is 6.04 Å². The van der Waals surface area contributed by atoms with Crippen molar-refractivity contribution in [3.8, 4) is 0 Å². The average molecular weight is 363 g/mol. The van der Waals surface area contributed by atoms with Gasteiger partial charge in [0, 0.05) is 44.7 Å². The number of piperazine rings is 1. The summed E-state index contributed by atoms with van der Waals surface area (Å²) in [5, 5.41) is 20.7. The molecule has 8 nitrogen and oxygen atoms in total. The molecule has 1 aliphatic heterocycles. The highest BCUT2D eigenvalue weighted by atomic mass is 16.4. The number of carboxylic acid groups (broad SMARTS) is 1. The smallest absolute Gasteiger partial charge is 0.326 e. The minimum absolute atomic E-state index is 0.0452. The van der Waals surface area contributed by atoms with Crippen LogP contribution in [0.25, 0.3) is 0 Å². The molecule has 0 unspecified atom stereocenters. The first kappa shape index (κ1) is 19.9. The van der Waals surface area contributed by atoms with E-state index in [9.17, 15) is 19.5 Å². The summed E-state index contributed by atoms with van der Waals surface area (Å²) in [5.41, 5.74) is 0.380. The molecule has 3 N–H and O–H groups in total. The van der Waals surface area contributed by atoms with Crippen molar-refractivity contribution in [2.45, 2.75) is 18.9 Å². The number of nitrogens with zero attached hydrogens (tertiary/aromatic N) is 2. The van der Waals surface area contributed by atoms with Crippen LogP contribution in [0.4, 0.5) is 0 Å². The first-order valence-corrected chi connectivity index (χ1v) is 8.71. The molecule has 8 heteroatoms. The van der Waals surface area contributed by atoms with Gasteiger partial charge in [0.2, 0.25) is 5.91 Å². The standard InChI is InChI=1S/C18H25N3O5/c22-13-12-20-8-10-21(11-9-20)16(23)7-6-15(18(25)26)19-17(24)14-4-2-1-3-5-14/h1-5,15,22H,6-13H2,(H,19,24)(H,25,26)/t15-/m0/s1. The second-order valence-electron chi connectivity index (χ2n) is 6.22. The van der Waals surface area contributed by atoms with Gasteiger partial charge in [-0.1, -0.05) is 18.2 Å². The third-order valence-corrected chi connectivity index (χ3v) is 4.43. The molecule has 1 heterocycles. The van der Waals surface area contributed by atoms with Gasteiger partial charge in [-0.05, 0) is 18.6 Å². The summed E-state index contributed by atoms with van der Waals surface area (Å²) in [6.45, 7) is 3.20. The minimum Gasteiger partial charge on any atom is -0.480 e. The van der Waals surface area contributed by atoms with E-state index in [1.165, 1.54) is 0 Å². The van der Waals surface area contributed by atoms with E-state index in [1.54, 1.807) is 35.2 Å². The number of β-amino-alcohol motifs (C(OH)–C–C–N with tert-alkyl or cyclic N) is 1. The molecule has 1 atom stereocenters. The molecule has 1 aromatic rings. The summed E-state index contributed by atoms with van der Waals surface area (Å²) < 4.78 is 0. The number of amides is 2. The molecule has 142 valence electrons. The first-order valence-electron chi connectivity index (χ1n) is 8.71. The minimum atomic E-state index is -1.16. The lowest BCUT2D eigenvalue weighted by molar-refractivity contribution is -0.139. The van der Waals surface area contributed by atoms with E-state index >= 15 is 0 Å². The number of hydrogen-bond acceptors (Lipinski definition) is 5. The molecule has 0 saturated carbocycles. The number of aliphatic hydroxyl groups excluding tert-OH is 1. The molecular formula is C18H25N3O5. The monoisotopic (exact) mass is 363 g/mol. The Morgan fingerprint density at radius 2 is 1.73 bits per heavy atom. The quantitative estimate of drug-likeness (QED) is 0.589. The highest BCUT2D eigenvalue weighted by Gasteiger charge is 2.25. The lowest BCUT2D eigenvalue weighted by atomic mass is 10.1. The Balaban J connectivity index is 1.82. The molecule has 1 aliphatic rings. The van der Waals surface area contributed by atoms with E-state index < -0.39 is 17.9 Å². The largest absolute Gasteiger partial charge is 0.480 e. The Bertz CT molecular complexity index is 615. The molecule has 0 spiro atoms. The SMILES string of the molecule is O=C(N[C@@H](CCC(=O)N1CCN(CCO)CC1)C(=O)O)c1ccccc1. The van der Waals surface area contributed by atoms with E-state index in [4.69, 9.17) is 5.11 Å². The molecule has 0 bridgehead atoms. The van der Waals surface area contributed by atoms with Crippen molar-refractivity contribution in [1.82, 2.24) is 15.1 Å². The highest BCUT2D eigenvalue weighted by Crippen LogP contribution is 2.08. The fourth-order valence-electron chi connectivity index (χ4n) is 2.88. The number of carboxylic acids is 1. The lowest BCUT2D eigenvalue weighted by Gasteiger charge is -2.34. The van der Waals surface area contributed by atoms with Gasteiger partial charge in [0.05, 0.1) is 6.61 Å². The van der Waals surface area contributed by atoms with Crippen LogP contribution >= 0.6 is 0 Å². The van der Waals surface area contributed by atoms with Gasteiger partial charge in [-0.15, -0.1) is 0 Å². The zero-order valence-corrected chi connectivity index (χ0v) is 14.6. The Labute approximate surface area is 152 Å². The summed E-state index contributed by atoms with van der Waals surface area (Å²) in [6, 6.07) is 7.26. The van der Waals surface area contributed by atoms with Crippen LogP contribution in [0, 0.1) is 0 Å².